The van der Waals surface area contributed by atoms with Crippen molar-refractivity contribution < 1.29 is 8.83 Å². The minimum atomic E-state index is 0.882. The second-order valence-electron chi connectivity index (χ2n) is 14.7. The van der Waals surface area contributed by atoms with Crippen LogP contribution >= 0.6 is 0 Å². The van der Waals surface area contributed by atoms with E-state index < -0.39 is 0 Å². The molecule has 2 aromatic heterocycles. The molecule has 0 atom stereocenters. The molecule has 10 aromatic carbocycles. The SMILES string of the molecule is c1ccc(-c2oc3ccc4ccc(-c5c6ccccc6c(-c6ccc7oc8ccc9ccccc9c8c7c6)c6ccccc56)cc4c3c2-c2ccccc2)cc1. The van der Waals surface area contributed by atoms with E-state index in [1.54, 1.807) is 0 Å². The number of rotatable bonds is 4. The lowest BCUT2D eigenvalue weighted by Crippen LogP contribution is -1.91. The van der Waals surface area contributed by atoms with E-state index in [9.17, 15) is 0 Å². The van der Waals surface area contributed by atoms with Gasteiger partial charge in [0.25, 0.3) is 0 Å². The molecule has 12 aromatic rings. The molecule has 0 fully saturated rings. The standard InChI is InChI=1S/C54H32O2/c1-3-14-35(15-4-1)51-53-44-31-37(24-23-34(44)26-30-48(53)56-54(51)36-16-5-2-6-17-36)49-40-19-9-11-21-42(40)50(43-22-12-10-20-41(43)49)38-27-28-46-45(32-38)52-39-18-8-7-13-33(39)25-29-47(52)55-46/h1-32H. The van der Waals surface area contributed by atoms with Gasteiger partial charge in [-0.05, 0) is 101 Å². The Hall–Kier alpha value is -7.42. The van der Waals surface area contributed by atoms with Crippen molar-refractivity contribution in [2.75, 3.05) is 0 Å². The van der Waals surface area contributed by atoms with Crippen LogP contribution < -0.4 is 0 Å². The number of fused-ring (bicyclic) bond motifs is 10. The maximum Gasteiger partial charge on any atom is 0.143 e. The summed E-state index contributed by atoms with van der Waals surface area (Å²) in [4.78, 5) is 0. The number of hydrogen-bond donors (Lipinski definition) is 0. The summed E-state index contributed by atoms with van der Waals surface area (Å²) in [6.45, 7) is 0. The van der Waals surface area contributed by atoms with Crippen LogP contribution in [-0.4, -0.2) is 0 Å². The first-order valence-corrected chi connectivity index (χ1v) is 19.2. The summed E-state index contributed by atoms with van der Waals surface area (Å²) in [5.41, 5.74) is 10.8. The topological polar surface area (TPSA) is 26.3 Å². The van der Waals surface area contributed by atoms with E-state index >= 15 is 0 Å². The van der Waals surface area contributed by atoms with Crippen LogP contribution in [0.5, 0.6) is 0 Å². The summed E-state index contributed by atoms with van der Waals surface area (Å²) in [6.07, 6.45) is 0. The van der Waals surface area contributed by atoms with Crippen LogP contribution in [0.25, 0.3) is 121 Å². The molecule has 12 rings (SSSR count). The van der Waals surface area contributed by atoms with Crippen LogP contribution in [0, 0.1) is 0 Å². The Morgan fingerprint density at radius 2 is 0.714 bits per heavy atom. The van der Waals surface area contributed by atoms with E-state index in [-0.39, 0.29) is 0 Å². The second kappa shape index (κ2) is 12.0. The van der Waals surface area contributed by atoms with Gasteiger partial charge in [-0.15, -0.1) is 0 Å². The van der Waals surface area contributed by atoms with Gasteiger partial charge in [-0.2, -0.15) is 0 Å². The van der Waals surface area contributed by atoms with Gasteiger partial charge in [-0.25, -0.2) is 0 Å². The van der Waals surface area contributed by atoms with Crippen molar-refractivity contribution in [1.82, 2.24) is 0 Å². The Bertz CT molecular complexity index is 3460. The molecular formula is C54H32O2. The lowest BCUT2D eigenvalue weighted by Gasteiger charge is -2.18. The van der Waals surface area contributed by atoms with Crippen molar-refractivity contribution >= 4 is 76.0 Å². The molecule has 2 nitrogen and oxygen atoms in total. The molecule has 2 heteroatoms. The largest absolute Gasteiger partial charge is 0.456 e. The zero-order chi connectivity index (χ0) is 36.7. The van der Waals surface area contributed by atoms with E-state index in [0.717, 1.165) is 55.4 Å². The molecule has 2 heterocycles. The molecule has 0 radical (unpaired) electrons. The highest BCUT2D eigenvalue weighted by Gasteiger charge is 2.22. The molecule has 260 valence electrons. The van der Waals surface area contributed by atoms with Crippen LogP contribution in [0.1, 0.15) is 0 Å². The van der Waals surface area contributed by atoms with Crippen molar-refractivity contribution in [3.8, 4) is 44.7 Å². The number of hydrogen-bond acceptors (Lipinski definition) is 2. The fourth-order valence-corrected chi connectivity index (χ4v) is 9.20. The lowest BCUT2D eigenvalue weighted by molar-refractivity contribution is 0.632. The van der Waals surface area contributed by atoms with Gasteiger partial charge in [0.15, 0.2) is 0 Å². The fraction of sp³-hybridized carbons (Fsp3) is 0. The average Bonchev–Trinajstić information content (AvgIpc) is 3.85. The monoisotopic (exact) mass is 712 g/mol. The molecular weight excluding hydrogens is 681 g/mol. The summed E-state index contributed by atoms with van der Waals surface area (Å²) in [7, 11) is 0. The van der Waals surface area contributed by atoms with Gasteiger partial charge < -0.3 is 8.83 Å². The summed E-state index contributed by atoms with van der Waals surface area (Å²) >= 11 is 0. The van der Waals surface area contributed by atoms with Crippen LogP contribution in [-0.2, 0) is 0 Å². The number of furan rings is 2. The first kappa shape index (κ1) is 31.0. The smallest absolute Gasteiger partial charge is 0.143 e. The molecule has 56 heavy (non-hydrogen) atoms. The highest BCUT2D eigenvalue weighted by molar-refractivity contribution is 6.25. The summed E-state index contributed by atoms with van der Waals surface area (Å²) in [5.74, 6) is 0.889. The molecule has 0 aliphatic carbocycles. The molecule has 0 aliphatic rings. The van der Waals surface area contributed by atoms with Gasteiger partial charge in [0.05, 0.1) is 0 Å². The maximum atomic E-state index is 6.77. The first-order chi connectivity index (χ1) is 27.8. The third-order valence-corrected chi connectivity index (χ3v) is 11.6. The Labute approximate surface area is 322 Å². The molecule has 0 saturated carbocycles. The molecule has 0 amide bonds. The summed E-state index contributed by atoms with van der Waals surface area (Å²) in [6, 6.07) is 69.7. The van der Waals surface area contributed by atoms with Gasteiger partial charge >= 0.3 is 0 Å². The zero-order valence-corrected chi connectivity index (χ0v) is 30.3. The maximum absolute atomic E-state index is 6.77. The number of benzene rings is 10. The third kappa shape index (κ3) is 4.57. The predicted molar refractivity (Wildman–Crippen MR) is 235 cm³/mol. The van der Waals surface area contributed by atoms with Crippen molar-refractivity contribution in [3.05, 3.63) is 194 Å². The zero-order valence-electron chi connectivity index (χ0n) is 30.3. The van der Waals surface area contributed by atoms with E-state index in [2.05, 4.69) is 194 Å². The van der Waals surface area contributed by atoms with Gasteiger partial charge in [0, 0.05) is 27.3 Å². The molecule has 0 unspecified atom stereocenters. The van der Waals surface area contributed by atoms with Crippen LogP contribution in [0.2, 0.25) is 0 Å². The molecule has 0 spiro atoms. The Morgan fingerprint density at radius 3 is 1.36 bits per heavy atom. The highest BCUT2D eigenvalue weighted by atomic mass is 16.3. The quantitative estimate of drug-likeness (QED) is 0.170. The molecule has 0 aliphatic heterocycles. The van der Waals surface area contributed by atoms with E-state index in [1.807, 2.05) is 0 Å². The minimum absolute atomic E-state index is 0.882. The fourth-order valence-electron chi connectivity index (χ4n) is 9.20. The van der Waals surface area contributed by atoms with Gasteiger partial charge in [-0.3, -0.25) is 0 Å². The van der Waals surface area contributed by atoms with Crippen molar-refractivity contribution in [3.63, 3.8) is 0 Å². The van der Waals surface area contributed by atoms with Crippen molar-refractivity contribution in [1.29, 1.82) is 0 Å². The normalized spacial score (nSPS) is 11.9. The van der Waals surface area contributed by atoms with Crippen molar-refractivity contribution in [2.45, 2.75) is 0 Å². The van der Waals surface area contributed by atoms with E-state index in [4.69, 9.17) is 8.83 Å². The van der Waals surface area contributed by atoms with Crippen LogP contribution in [0.15, 0.2) is 203 Å². The average molecular weight is 713 g/mol. The van der Waals surface area contributed by atoms with Crippen molar-refractivity contribution in [2.24, 2.45) is 0 Å². The minimum Gasteiger partial charge on any atom is -0.456 e. The van der Waals surface area contributed by atoms with Crippen LogP contribution in [0.4, 0.5) is 0 Å². The first-order valence-electron chi connectivity index (χ1n) is 19.2. The third-order valence-electron chi connectivity index (χ3n) is 11.6. The lowest BCUT2D eigenvalue weighted by atomic mass is 9.85. The van der Waals surface area contributed by atoms with Gasteiger partial charge in [0.1, 0.15) is 22.5 Å². The Morgan fingerprint density at radius 1 is 0.250 bits per heavy atom. The predicted octanol–water partition coefficient (Wildman–Crippen LogP) is 15.6. The Balaban J connectivity index is 1.14. The van der Waals surface area contributed by atoms with E-state index in [0.29, 0.717) is 0 Å². The van der Waals surface area contributed by atoms with Gasteiger partial charge in [0.2, 0.25) is 0 Å². The van der Waals surface area contributed by atoms with Crippen LogP contribution in [0.3, 0.4) is 0 Å². The Kier molecular flexibility index (Phi) is 6.66. The molecule has 0 N–H and O–H groups in total. The summed E-state index contributed by atoms with van der Waals surface area (Å²) < 4.78 is 13.2. The summed E-state index contributed by atoms with van der Waals surface area (Å²) in [5, 5.41) is 13.1. The second-order valence-corrected chi connectivity index (χ2v) is 14.7. The molecule has 0 saturated heterocycles. The highest BCUT2D eigenvalue weighted by Crippen LogP contribution is 2.48. The molecule has 0 bridgehead atoms. The van der Waals surface area contributed by atoms with Gasteiger partial charge in [-0.1, -0.05) is 164 Å². The van der Waals surface area contributed by atoms with E-state index in [1.165, 1.54) is 65.3 Å².